The summed E-state index contributed by atoms with van der Waals surface area (Å²) in [5.41, 5.74) is 12.2. The van der Waals surface area contributed by atoms with Gasteiger partial charge in [-0.2, -0.15) is 0 Å². The third-order valence-corrected chi connectivity index (χ3v) is 3.68. The molecule has 0 atom stereocenters. The predicted molar refractivity (Wildman–Crippen MR) is 91.2 cm³/mol. The molecule has 0 aliphatic rings. The van der Waals surface area contributed by atoms with Crippen LogP contribution in [0.3, 0.4) is 0 Å². The molecule has 2 nitrogen and oxygen atoms in total. The van der Waals surface area contributed by atoms with Gasteiger partial charge in [0.15, 0.2) is 0 Å². The molecule has 2 heteroatoms. The third-order valence-electron chi connectivity index (χ3n) is 3.68. The van der Waals surface area contributed by atoms with E-state index >= 15 is 0 Å². The molecule has 0 fully saturated rings. The van der Waals surface area contributed by atoms with Crippen molar-refractivity contribution in [2.75, 3.05) is 12.3 Å². The molecule has 2 rings (SSSR count). The van der Waals surface area contributed by atoms with Gasteiger partial charge in [0.05, 0.1) is 0 Å². The molecule has 0 aliphatic carbocycles. The van der Waals surface area contributed by atoms with Gasteiger partial charge in [-0.05, 0) is 44.0 Å². The van der Waals surface area contributed by atoms with Gasteiger partial charge in [0, 0.05) is 18.8 Å². The summed E-state index contributed by atoms with van der Waals surface area (Å²) in [6.45, 7) is 9.52. The summed E-state index contributed by atoms with van der Waals surface area (Å²) >= 11 is 0. The van der Waals surface area contributed by atoms with Crippen LogP contribution >= 0.6 is 0 Å². The van der Waals surface area contributed by atoms with Crippen molar-refractivity contribution in [3.63, 3.8) is 0 Å². The van der Waals surface area contributed by atoms with E-state index in [1.54, 1.807) is 0 Å². The Balaban J connectivity index is 2.13. The molecular formula is C19H26N2. The average molecular weight is 282 g/mol. The summed E-state index contributed by atoms with van der Waals surface area (Å²) in [5, 5.41) is 0. The SMILES string of the molecule is CCCN(Cc1cc(C)cc(C)c1)Cc1ccccc1N. The van der Waals surface area contributed by atoms with E-state index in [4.69, 9.17) is 5.73 Å². The molecule has 0 aliphatic heterocycles. The lowest BCUT2D eigenvalue weighted by Gasteiger charge is -2.23. The lowest BCUT2D eigenvalue weighted by molar-refractivity contribution is 0.257. The average Bonchev–Trinajstić information content (AvgIpc) is 2.40. The summed E-state index contributed by atoms with van der Waals surface area (Å²) in [4.78, 5) is 2.47. The first-order chi connectivity index (χ1) is 10.1. The van der Waals surface area contributed by atoms with E-state index in [-0.39, 0.29) is 0 Å². The van der Waals surface area contributed by atoms with Gasteiger partial charge in [-0.1, -0.05) is 54.4 Å². The number of anilines is 1. The van der Waals surface area contributed by atoms with E-state index < -0.39 is 0 Å². The van der Waals surface area contributed by atoms with Crippen molar-refractivity contribution in [3.8, 4) is 0 Å². The summed E-state index contributed by atoms with van der Waals surface area (Å²) in [7, 11) is 0. The fraction of sp³-hybridized carbons (Fsp3) is 0.368. The van der Waals surface area contributed by atoms with Crippen molar-refractivity contribution in [1.29, 1.82) is 0 Å². The molecule has 2 aromatic carbocycles. The quantitative estimate of drug-likeness (QED) is 0.800. The maximum Gasteiger partial charge on any atom is 0.0359 e. The summed E-state index contributed by atoms with van der Waals surface area (Å²) < 4.78 is 0. The molecule has 21 heavy (non-hydrogen) atoms. The number of nitrogen functional groups attached to an aromatic ring is 1. The standard InChI is InChI=1S/C19H26N2/c1-4-9-21(14-18-7-5-6-8-19(18)20)13-17-11-15(2)10-16(3)12-17/h5-8,10-12H,4,9,13-14,20H2,1-3H3. The van der Waals surface area contributed by atoms with E-state index in [2.05, 4.69) is 56.0 Å². The van der Waals surface area contributed by atoms with E-state index in [0.29, 0.717) is 0 Å². The van der Waals surface area contributed by atoms with Crippen LogP contribution in [0, 0.1) is 13.8 Å². The van der Waals surface area contributed by atoms with Crippen LogP contribution in [0.25, 0.3) is 0 Å². The summed E-state index contributed by atoms with van der Waals surface area (Å²) in [6.07, 6.45) is 1.15. The molecule has 112 valence electrons. The lowest BCUT2D eigenvalue weighted by atomic mass is 10.1. The zero-order valence-corrected chi connectivity index (χ0v) is 13.4. The Morgan fingerprint density at radius 2 is 1.62 bits per heavy atom. The largest absolute Gasteiger partial charge is 0.398 e. The number of para-hydroxylation sites is 1. The van der Waals surface area contributed by atoms with Crippen LogP contribution in [-0.2, 0) is 13.1 Å². The molecule has 0 bridgehead atoms. The second kappa shape index (κ2) is 7.28. The highest BCUT2D eigenvalue weighted by Gasteiger charge is 2.08. The van der Waals surface area contributed by atoms with Gasteiger partial charge < -0.3 is 5.73 Å². The maximum absolute atomic E-state index is 6.08. The van der Waals surface area contributed by atoms with Crippen LogP contribution in [0.4, 0.5) is 5.69 Å². The van der Waals surface area contributed by atoms with Gasteiger partial charge in [-0.25, -0.2) is 0 Å². The van der Waals surface area contributed by atoms with Crippen molar-refractivity contribution in [2.24, 2.45) is 0 Å². The fourth-order valence-electron chi connectivity index (χ4n) is 2.87. The van der Waals surface area contributed by atoms with E-state index in [1.165, 1.54) is 22.3 Å². The third kappa shape index (κ3) is 4.61. The Morgan fingerprint density at radius 1 is 0.952 bits per heavy atom. The first-order valence-electron chi connectivity index (χ1n) is 7.71. The van der Waals surface area contributed by atoms with Crippen LogP contribution < -0.4 is 5.73 Å². The van der Waals surface area contributed by atoms with Gasteiger partial charge in [-0.15, -0.1) is 0 Å². The van der Waals surface area contributed by atoms with E-state index in [1.807, 2.05) is 12.1 Å². The van der Waals surface area contributed by atoms with E-state index in [0.717, 1.165) is 31.7 Å². The Hall–Kier alpha value is -1.80. The number of hydrogen-bond acceptors (Lipinski definition) is 2. The monoisotopic (exact) mass is 282 g/mol. The van der Waals surface area contributed by atoms with Gasteiger partial charge in [0.1, 0.15) is 0 Å². The molecule has 0 saturated heterocycles. The smallest absolute Gasteiger partial charge is 0.0359 e. The fourth-order valence-corrected chi connectivity index (χ4v) is 2.87. The van der Waals surface area contributed by atoms with Crippen molar-refractivity contribution in [3.05, 3.63) is 64.7 Å². The molecular weight excluding hydrogens is 256 g/mol. The molecule has 0 heterocycles. The summed E-state index contributed by atoms with van der Waals surface area (Å²) in [5.74, 6) is 0. The summed E-state index contributed by atoms with van der Waals surface area (Å²) in [6, 6.07) is 15.0. The highest BCUT2D eigenvalue weighted by atomic mass is 15.1. The van der Waals surface area contributed by atoms with Crippen molar-refractivity contribution < 1.29 is 0 Å². The van der Waals surface area contributed by atoms with Crippen molar-refractivity contribution >= 4 is 5.69 Å². The number of hydrogen-bond donors (Lipinski definition) is 1. The lowest BCUT2D eigenvalue weighted by Crippen LogP contribution is -2.24. The van der Waals surface area contributed by atoms with Crippen molar-refractivity contribution in [1.82, 2.24) is 4.90 Å². The van der Waals surface area contributed by atoms with Gasteiger partial charge in [-0.3, -0.25) is 4.90 Å². The second-order valence-electron chi connectivity index (χ2n) is 5.91. The molecule has 0 saturated carbocycles. The molecule has 2 aromatic rings. The molecule has 2 N–H and O–H groups in total. The Labute approximate surface area is 128 Å². The highest BCUT2D eigenvalue weighted by Crippen LogP contribution is 2.17. The first kappa shape index (κ1) is 15.6. The minimum absolute atomic E-state index is 0.888. The van der Waals surface area contributed by atoms with Crippen LogP contribution in [0.2, 0.25) is 0 Å². The van der Waals surface area contributed by atoms with Crippen LogP contribution in [0.15, 0.2) is 42.5 Å². The first-order valence-corrected chi connectivity index (χ1v) is 7.71. The molecule has 0 amide bonds. The Bertz CT molecular complexity index is 570. The predicted octanol–water partition coefficient (Wildman–Crippen LogP) is 4.30. The number of aryl methyl sites for hydroxylation is 2. The minimum Gasteiger partial charge on any atom is -0.398 e. The highest BCUT2D eigenvalue weighted by molar-refractivity contribution is 5.46. The second-order valence-corrected chi connectivity index (χ2v) is 5.91. The van der Waals surface area contributed by atoms with Crippen molar-refractivity contribution in [2.45, 2.75) is 40.3 Å². The van der Waals surface area contributed by atoms with Crippen LogP contribution in [0.1, 0.15) is 35.6 Å². The van der Waals surface area contributed by atoms with E-state index in [9.17, 15) is 0 Å². The molecule has 0 aromatic heterocycles. The molecule has 0 unspecified atom stereocenters. The number of rotatable bonds is 6. The molecule has 0 radical (unpaired) electrons. The normalized spacial score (nSPS) is 11.0. The topological polar surface area (TPSA) is 29.3 Å². The minimum atomic E-state index is 0.888. The zero-order valence-electron chi connectivity index (χ0n) is 13.4. The zero-order chi connectivity index (χ0) is 15.2. The number of benzene rings is 2. The van der Waals surface area contributed by atoms with Crippen LogP contribution in [-0.4, -0.2) is 11.4 Å². The van der Waals surface area contributed by atoms with Gasteiger partial charge >= 0.3 is 0 Å². The Kier molecular flexibility index (Phi) is 5.40. The molecule has 0 spiro atoms. The van der Waals surface area contributed by atoms with Crippen LogP contribution in [0.5, 0.6) is 0 Å². The van der Waals surface area contributed by atoms with Gasteiger partial charge in [0.2, 0.25) is 0 Å². The Morgan fingerprint density at radius 3 is 2.24 bits per heavy atom. The maximum atomic E-state index is 6.08. The number of nitrogens with zero attached hydrogens (tertiary/aromatic N) is 1. The number of nitrogens with two attached hydrogens (primary N) is 1. The van der Waals surface area contributed by atoms with Gasteiger partial charge in [0.25, 0.3) is 0 Å².